The summed E-state index contributed by atoms with van der Waals surface area (Å²) in [5, 5.41) is 11.2. The molecule has 0 atom stereocenters. The lowest BCUT2D eigenvalue weighted by Crippen LogP contribution is -2.43. The van der Waals surface area contributed by atoms with Crippen LogP contribution in [0.4, 0.5) is 0 Å². The third kappa shape index (κ3) is 4.81. The van der Waals surface area contributed by atoms with Crippen molar-refractivity contribution in [3.8, 4) is 6.07 Å². The molecule has 0 saturated carbocycles. The van der Waals surface area contributed by atoms with Crippen molar-refractivity contribution in [2.75, 3.05) is 45.9 Å². The van der Waals surface area contributed by atoms with E-state index in [2.05, 4.69) is 29.2 Å². The molecule has 3 rings (SSSR count). The van der Waals surface area contributed by atoms with Gasteiger partial charge in [-0.1, -0.05) is 42.5 Å². The average molecular weight is 351 g/mol. The van der Waals surface area contributed by atoms with Crippen LogP contribution in [0.5, 0.6) is 0 Å². The van der Waals surface area contributed by atoms with Gasteiger partial charge in [-0.05, 0) is 16.3 Å². The minimum absolute atomic E-state index is 0.0878. The minimum atomic E-state index is 0.0878. The third-order valence-corrected chi connectivity index (χ3v) is 4.86. The second kappa shape index (κ2) is 9.33. The van der Waals surface area contributed by atoms with Gasteiger partial charge in [-0.15, -0.1) is 0 Å². The first-order chi connectivity index (χ1) is 12.8. The van der Waals surface area contributed by atoms with Crippen LogP contribution in [0.1, 0.15) is 12.0 Å². The van der Waals surface area contributed by atoms with Crippen molar-refractivity contribution in [2.45, 2.75) is 12.8 Å². The lowest BCUT2D eigenvalue weighted by molar-refractivity contribution is -0.130. The van der Waals surface area contributed by atoms with Crippen LogP contribution in [-0.4, -0.2) is 61.6 Å². The molecule has 2 aromatic rings. The molecule has 1 saturated heterocycles. The summed E-state index contributed by atoms with van der Waals surface area (Å²) in [6, 6.07) is 16.4. The number of carbonyl (C=O) groups is 1. The number of amides is 1. The van der Waals surface area contributed by atoms with E-state index in [4.69, 9.17) is 10.00 Å². The second-order valence-electron chi connectivity index (χ2n) is 6.56. The van der Waals surface area contributed by atoms with Gasteiger partial charge in [0.15, 0.2) is 0 Å². The molecule has 5 heteroatoms. The number of ether oxygens (including phenoxy) is 1. The number of nitriles is 1. The van der Waals surface area contributed by atoms with E-state index >= 15 is 0 Å². The van der Waals surface area contributed by atoms with Crippen molar-refractivity contribution in [2.24, 2.45) is 0 Å². The fraction of sp³-hybridized carbons (Fsp3) is 0.429. The molecule has 2 aromatic carbocycles. The Morgan fingerprint density at radius 3 is 2.69 bits per heavy atom. The molecule has 0 unspecified atom stereocenters. The maximum Gasteiger partial charge on any atom is 0.227 e. The van der Waals surface area contributed by atoms with Crippen molar-refractivity contribution in [1.82, 2.24) is 9.80 Å². The molecule has 0 bridgehead atoms. The van der Waals surface area contributed by atoms with E-state index in [1.807, 2.05) is 29.2 Å². The molecule has 1 aliphatic heterocycles. The van der Waals surface area contributed by atoms with Gasteiger partial charge in [0.1, 0.15) is 0 Å². The first kappa shape index (κ1) is 18.4. The van der Waals surface area contributed by atoms with Crippen molar-refractivity contribution in [1.29, 1.82) is 5.26 Å². The van der Waals surface area contributed by atoms with Gasteiger partial charge in [-0.2, -0.15) is 5.26 Å². The Morgan fingerprint density at radius 2 is 1.88 bits per heavy atom. The first-order valence-corrected chi connectivity index (χ1v) is 9.19. The first-order valence-electron chi connectivity index (χ1n) is 9.19. The molecule has 1 heterocycles. The number of benzene rings is 2. The van der Waals surface area contributed by atoms with E-state index in [-0.39, 0.29) is 5.91 Å². The van der Waals surface area contributed by atoms with E-state index in [9.17, 15) is 4.79 Å². The molecule has 26 heavy (non-hydrogen) atoms. The zero-order chi connectivity index (χ0) is 18.2. The van der Waals surface area contributed by atoms with Crippen LogP contribution in [0.3, 0.4) is 0 Å². The molecule has 0 aliphatic carbocycles. The van der Waals surface area contributed by atoms with Gasteiger partial charge in [0, 0.05) is 32.7 Å². The Hall–Kier alpha value is -2.42. The Kier molecular flexibility index (Phi) is 6.59. The Labute approximate surface area is 154 Å². The molecular formula is C21H25N3O2. The SMILES string of the molecule is N#CCCN(CCN1CCOCC1)C(=O)Cc1cccc2ccccc12. The van der Waals surface area contributed by atoms with Crippen molar-refractivity contribution < 1.29 is 9.53 Å². The smallest absolute Gasteiger partial charge is 0.227 e. The summed E-state index contributed by atoms with van der Waals surface area (Å²) in [7, 11) is 0. The van der Waals surface area contributed by atoms with Crippen LogP contribution in [0.15, 0.2) is 42.5 Å². The van der Waals surface area contributed by atoms with Crippen LogP contribution in [0.2, 0.25) is 0 Å². The van der Waals surface area contributed by atoms with E-state index in [0.29, 0.717) is 25.9 Å². The number of morpholine rings is 1. The molecule has 1 amide bonds. The maximum atomic E-state index is 12.9. The van der Waals surface area contributed by atoms with E-state index in [1.165, 1.54) is 0 Å². The monoisotopic (exact) mass is 351 g/mol. The molecular weight excluding hydrogens is 326 g/mol. The Bertz CT molecular complexity index is 773. The molecule has 0 N–H and O–H groups in total. The highest BCUT2D eigenvalue weighted by Crippen LogP contribution is 2.19. The summed E-state index contributed by atoms with van der Waals surface area (Å²) >= 11 is 0. The number of hydrogen-bond donors (Lipinski definition) is 0. The number of rotatable bonds is 7. The van der Waals surface area contributed by atoms with E-state index in [0.717, 1.165) is 49.2 Å². The van der Waals surface area contributed by atoms with Crippen LogP contribution in [0, 0.1) is 11.3 Å². The number of fused-ring (bicyclic) bond motifs is 1. The molecule has 0 radical (unpaired) electrons. The van der Waals surface area contributed by atoms with Crippen LogP contribution >= 0.6 is 0 Å². The standard InChI is InChI=1S/C21H25N3O2/c22-9-4-10-24(12-11-23-13-15-26-16-14-23)21(25)17-19-7-3-6-18-5-1-2-8-20(18)19/h1-3,5-8H,4,10-17H2. The van der Waals surface area contributed by atoms with Gasteiger partial charge >= 0.3 is 0 Å². The summed E-state index contributed by atoms with van der Waals surface area (Å²) in [5.41, 5.74) is 1.04. The largest absolute Gasteiger partial charge is 0.379 e. The molecule has 1 fully saturated rings. The fourth-order valence-corrected chi connectivity index (χ4v) is 3.35. The van der Waals surface area contributed by atoms with Gasteiger partial charge in [-0.3, -0.25) is 9.69 Å². The average Bonchev–Trinajstić information content (AvgIpc) is 2.69. The molecule has 1 aliphatic rings. The predicted octanol–water partition coefficient (Wildman–Crippen LogP) is 2.46. The number of hydrogen-bond acceptors (Lipinski definition) is 4. The summed E-state index contributed by atoms with van der Waals surface area (Å²) in [5.74, 6) is 0.0878. The fourth-order valence-electron chi connectivity index (χ4n) is 3.35. The van der Waals surface area contributed by atoms with E-state index < -0.39 is 0 Å². The summed E-state index contributed by atoms with van der Waals surface area (Å²) in [4.78, 5) is 17.1. The normalized spacial score (nSPS) is 14.9. The van der Waals surface area contributed by atoms with Gasteiger partial charge < -0.3 is 9.64 Å². The van der Waals surface area contributed by atoms with Gasteiger partial charge in [0.2, 0.25) is 5.91 Å². The van der Waals surface area contributed by atoms with Gasteiger partial charge in [-0.25, -0.2) is 0 Å². The highest BCUT2D eigenvalue weighted by atomic mass is 16.5. The summed E-state index contributed by atoms with van der Waals surface area (Å²) in [6.07, 6.45) is 0.736. The second-order valence-corrected chi connectivity index (χ2v) is 6.56. The molecule has 0 aromatic heterocycles. The van der Waals surface area contributed by atoms with E-state index in [1.54, 1.807) is 0 Å². The topological polar surface area (TPSA) is 56.6 Å². The van der Waals surface area contributed by atoms with Crippen LogP contribution in [-0.2, 0) is 16.0 Å². The summed E-state index contributed by atoms with van der Waals surface area (Å²) < 4.78 is 5.37. The van der Waals surface area contributed by atoms with Crippen LogP contribution < -0.4 is 0 Å². The molecule has 136 valence electrons. The number of nitrogens with zero attached hydrogens (tertiary/aromatic N) is 3. The van der Waals surface area contributed by atoms with Crippen molar-refractivity contribution >= 4 is 16.7 Å². The molecule has 5 nitrogen and oxygen atoms in total. The van der Waals surface area contributed by atoms with Gasteiger partial charge in [0.25, 0.3) is 0 Å². The Morgan fingerprint density at radius 1 is 1.12 bits per heavy atom. The zero-order valence-corrected chi connectivity index (χ0v) is 15.1. The lowest BCUT2D eigenvalue weighted by Gasteiger charge is -2.30. The maximum absolute atomic E-state index is 12.9. The predicted molar refractivity (Wildman–Crippen MR) is 102 cm³/mol. The zero-order valence-electron chi connectivity index (χ0n) is 15.1. The third-order valence-electron chi connectivity index (χ3n) is 4.86. The quantitative estimate of drug-likeness (QED) is 0.769. The molecule has 0 spiro atoms. The number of carbonyl (C=O) groups excluding carboxylic acids is 1. The van der Waals surface area contributed by atoms with Crippen LogP contribution in [0.25, 0.3) is 10.8 Å². The minimum Gasteiger partial charge on any atom is -0.379 e. The van der Waals surface area contributed by atoms with Crippen molar-refractivity contribution in [3.05, 3.63) is 48.0 Å². The Balaban J connectivity index is 1.67. The highest BCUT2D eigenvalue weighted by Gasteiger charge is 2.17. The van der Waals surface area contributed by atoms with Gasteiger partial charge in [0.05, 0.1) is 32.1 Å². The van der Waals surface area contributed by atoms with Crippen molar-refractivity contribution in [3.63, 3.8) is 0 Å². The summed E-state index contributed by atoms with van der Waals surface area (Å²) in [6.45, 7) is 5.29. The lowest BCUT2D eigenvalue weighted by atomic mass is 10.0. The highest BCUT2D eigenvalue weighted by molar-refractivity contribution is 5.90.